The van der Waals surface area contributed by atoms with Crippen LogP contribution in [0.3, 0.4) is 0 Å². The van der Waals surface area contributed by atoms with E-state index in [1.54, 1.807) is 0 Å². The molecule has 0 saturated carbocycles. The fourth-order valence-corrected chi connectivity index (χ4v) is 14.5. The Hall–Kier alpha value is -1.30. The van der Waals surface area contributed by atoms with Gasteiger partial charge in [-0.25, -0.2) is 9.97 Å². The van der Waals surface area contributed by atoms with Crippen LogP contribution in [-0.4, -0.2) is 40.6 Å². The Morgan fingerprint density at radius 1 is 0.684 bits per heavy atom. The van der Waals surface area contributed by atoms with Gasteiger partial charge in [0.15, 0.2) is 0 Å². The van der Waals surface area contributed by atoms with Crippen LogP contribution >= 0.6 is 70.6 Å². The minimum atomic E-state index is 0.625. The van der Waals surface area contributed by atoms with Crippen LogP contribution in [0.5, 0.6) is 0 Å². The van der Waals surface area contributed by atoms with Gasteiger partial charge in [0.05, 0.1) is 50.7 Å². The van der Waals surface area contributed by atoms with Crippen LogP contribution < -0.4 is 0 Å². The molecular formula is C28H24N4S6. The monoisotopic (exact) mass is 608 g/mol. The van der Waals surface area contributed by atoms with Crippen LogP contribution in [0.25, 0.3) is 43.9 Å². The molecule has 2 atom stereocenters. The second-order valence-corrected chi connectivity index (χ2v) is 17.0. The number of rotatable bonds is 6. The van der Waals surface area contributed by atoms with E-state index < -0.39 is 0 Å². The zero-order chi connectivity index (χ0) is 25.6. The first-order valence-corrected chi connectivity index (χ1v) is 18.2. The zero-order valence-corrected chi connectivity index (χ0v) is 25.7. The third-order valence-electron chi connectivity index (χ3n) is 6.29. The number of nitrogens with zero attached hydrogens (tertiary/aromatic N) is 4. The van der Waals surface area contributed by atoms with E-state index in [0.29, 0.717) is 9.16 Å². The first-order chi connectivity index (χ1) is 18.7. The highest BCUT2D eigenvalue weighted by molar-refractivity contribution is 8.38. The smallest absolute Gasteiger partial charge is 0.0996 e. The summed E-state index contributed by atoms with van der Waals surface area (Å²) in [5.41, 5.74) is 5.41. The van der Waals surface area contributed by atoms with E-state index in [1.807, 2.05) is 48.1 Å². The summed E-state index contributed by atoms with van der Waals surface area (Å²) >= 11 is 12.2. The second-order valence-electron chi connectivity index (χ2n) is 9.00. The number of thioether (sulfide) groups is 6. The molecule has 2 aliphatic rings. The Morgan fingerprint density at radius 2 is 1.18 bits per heavy atom. The van der Waals surface area contributed by atoms with Crippen molar-refractivity contribution in [2.45, 2.75) is 45.6 Å². The van der Waals surface area contributed by atoms with Gasteiger partial charge in [0.2, 0.25) is 0 Å². The molecule has 38 heavy (non-hydrogen) atoms. The summed E-state index contributed by atoms with van der Waals surface area (Å²) in [6.07, 6.45) is 6.11. The summed E-state index contributed by atoms with van der Waals surface area (Å²) in [5.74, 6) is 2.46. The van der Waals surface area contributed by atoms with Crippen LogP contribution in [0, 0.1) is 0 Å². The molecule has 5 heterocycles. The maximum atomic E-state index is 5.16. The van der Waals surface area contributed by atoms with Gasteiger partial charge in [-0.2, -0.15) is 0 Å². The maximum Gasteiger partial charge on any atom is 0.0996 e. The van der Waals surface area contributed by atoms with Crippen molar-refractivity contribution in [2.24, 2.45) is 0 Å². The van der Waals surface area contributed by atoms with E-state index in [9.17, 15) is 0 Å². The molecule has 1 saturated heterocycles. The third kappa shape index (κ3) is 4.59. The Balaban J connectivity index is 1.30. The molecule has 0 spiro atoms. The number of aromatic nitrogens is 4. The predicted molar refractivity (Wildman–Crippen MR) is 175 cm³/mol. The SMILES string of the molecule is CCCSC1SC(=C2Sc3cc4nc5c6cccnc6c6ncccc6c5nc4cc3S2)SC1SCCC. The molecule has 192 valence electrons. The Labute approximate surface area is 247 Å². The van der Waals surface area contributed by atoms with Crippen LogP contribution in [0.4, 0.5) is 0 Å². The molecule has 2 aliphatic heterocycles. The van der Waals surface area contributed by atoms with Gasteiger partial charge < -0.3 is 0 Å². The third-order valence-corrected chi connectivity index (χ3v) is 16.3. The molecule has 7 rings (SSSR count). The summed E-state index contributed by atoms with van der Waals surface area (Å²) in [7, 11) is 0. The van der Waals surface area contributed by atoms with Crippen LogP contribution in [0.15, 0.2) is 67.1 Å². The van der Waals surface area contributed by atoms with Crippen molar-refractivity contribution in [3.8, 4) is 0 Å². The van der Waals surface area contributed by atoms with Crippen molar-refractivity contribution >= 4 is 114 Å². The van der Waals surface area contributed by atoms with Crippen LogP contribution in [0.2, 0.25) is 0 Å². The van der Waals surface area contributed by atoms with Crippen molar-refractivity contribution in [2.75, 3.05) is 11.5 Å². The van der Waals surface area contributed by atoms with Gasteiger partial charge in [-0.3, -0.25) is 9.97 Å². The first kappa shape index (κ1) is 25.7. The highest BCUT2D eigenvalue weighted by Gasteiger charge is 2.36. The Morgan fingerprint density at radius 3 is 1.66 bits per heavy atom. The summed E-state index contributed by atoms with van der Waals surface area (Å²) < 4.78 is 4.16. The Kier molecular flexibility index (Phi) is 7.38. The van der Waals surface area contributed by atoms with E-state index >= 15 is 0 Å². The molecule has 3 aromatic heterocycles. The molecule has 0 radical (unpaired) electrons. The van der Waals surface area contributed by atoms with Crippen LogP contribution in [-0.2, 0) is 0 Å². The summed E-state index contributed by atoms with van der Waals surface area (Å²) in [6.45, 7) is 4.56. The minimum Gasteiger partial charge on any atom is -0.254 e. The van der Waals surface area contributed by atoms with E-state index in [2.05, 4.69) is 95.1 Å². The predicted octanol–water partition coefficient (Wildman–Crippen LogP) is 9.62. The highest BCUT2D eigenvalue weighted by atomic mass is 32.3. The molecule has 0 amide bonds. The topological polar surface area (TPSA) is 51.6 Å². The fraction of sp³-hybridized carbons (Fsp3) is 0.286. The van der Waals surface area contributed by atoms with Gasteiger partial charge in [0.25, 0.3) is 0 Å². The average Bonchev–Trinajstić information content (AvgIpc) is 3.56. The molecule has 0 bridgehead atoms. The number of pyridine rings is 2. The molecule has 2 aromatic carbocycles. The molecule has 4 nitrogen and oxygen atoms in total. The number of hydrogen-bond donors (Lipinski definition) is 0. The maximum absolute atomic E-state index is 5.16. The van der Waals surface area contributed by atoms with Gasteiger partial charge in [-0.15, -0.1) is 47.0 Å². The lowest BCUT2D eigenvalue weighted by molar-refractivity contribution is 1.10. The Bertz CT molecular complexity index is 1620. The quantitative estimate of drug-likeness (QED) is 0.138. The van der Waals surface area contributed by atoms with Crippen molar-refractivity contribution in [1.82, 2.24) is 19.9 Å². The number of fused-ring (bicyclic) bond motifs is 8. The first-order valence-electron chi connectivity index (χ1n) is 12.7. The standard InChI is InChI=1S/C28H24N4S6/c1-3-11-33-25-26(34-12-4-2)38-28(37-25)27-35-19-13-17-18(14-20(19)36-27)32-24-16-8-6-10-30-22(16)21-15(23(24)31-17)7-5-9-29-21/h5-10,13-14,25-26H,3-4,11-12H2,1-2H3. The van der Waals surface area contributed by atoms with Crippen molar-refractivity contribution < 1.29 is 0 Å². The van der Waals surface area contributed by atoms with Crippen molar-refractivity contribution in [3.05, 3.63) is 57.3 Å². The van der Waals surface area contributed by atoms with Gasteiger partial charge in [-0.05, 0) is 60.7 Å². The van der Waals surface area contributed by atoms with Crippen molar-refractivity contribution in [1.29, 1.82) is 0 Å². The molecule has 1 fully saturated rings. The van der Waals surface area contributed by atoms with E-state index in [4.69, 9.17) is 9.97 Å². The lowest BCUT2D eigenvalue weighted by atomic mass is 10.1. The molecule has 5 aromatic rings. The number of hydrogen-bond acceptors (Lipinski definition) is 10. The lowest BCUT2D eigenvalue weighted by Crippen LogP contribution is -2.08. The van der Waals surface area contributed by atoms with E-state index in [1.165, 1.54) is 42.6 Å². The molecule has 10 heteroatoms. The summed E-state index contributed by atoms with van der Waals surface area (Å²) in [4.78, 5) is 22.2. The van der Waals surface area contributed by atoms with Crippen LogP contribution in [0.1, 0.15) is 26.7 Å². The largest absolute Gasteiger partial charge is 0.254 e. The zero-order valence-electron chi connectivity index (χ0n) is 20.8. The molecule has 0 N–H and O–H groups in total. The van der Waals surface area contributed by atoms with Gasteiger partial charge in [-0.1, -0.05) is 37.4 Å². The highest BCUT2D eigenvalue weighted by Crippen LogP contribution is 2.63. The summed E-state index contributed by atoms with van der Waals surface area (Å²) in [5, 5.41) is 2.00. The molecular weight excluding hydrogens is 585 g/mol. The molecule has 2 unspecified atom stereocenters. The normalized spacial score (nSPS) is 19.4. The average molecular weight is 609 g/mol. The van der Waals surface area contributed by atoms with Gasteiger partial charge >= 0.3 is 0 Å². The number of benzene rings is 2. The van der Waals surface area contributed by atoms with Gasteiger partial charge in [0.1, 0.15) is 0 Å². The van der Waals surface area contributed by atoms with Gasteiger partial charge in [0, 0.05) is 33.0 Å². The molecule has 0 aliphatic carbocycles. The second kappa shape index (κ2) is 10.9. The lowest BCUT2D eigenvalue weighted by Gasteiger charge is -2.15. The fourth-order valence-electron chi connectivity index (χ4n) is 4.61. The minimum absolute atomic E-state index is 0.625. The van der Waals surface area contributed by atoms with Crippen molar-refractivity contribution in [3.63, 3.8) is 0 Å². The summed E-state index contributed by atoms with van der Waals surface area (Å²) in [6, 6.07) is 12.5. The van der Waals surface area contributed by atoms with E-state index in [-0.39, 0.29) is 0 Å². The van der Waals surface area contributed by atoms with E-state index in [0.717, 1.165) is 43.9 Å².